The van der Waals surface area contributed by atoms with Crippen LogP contribution in [0.3, 0.4) is 0 Å². The molecule has 0 amide bonds. The molecule has 9 heteroatoms. The first-order valence-corrected chi connectivity index (χ1v) is 13.7. The molecule has 1 fully saturated rings. The highest BCUT2D eigenvalue weighted by Crippen LogP contribution is 2.44. The highest BCUT2D eigenvalue weighted by molar-refractivity contribution is 7.90. The van der Waals surface area contributed by atoms with Gasteiger partial charge in [0.1, 0.15) is 5.56 Å². The summed E-state index contributed by atoms with van der Waals surface area (Å²) >= 11 is 0. The van der Waals surface area contributed by atoms with Gasteiger partial charge in [-0.15, -0.1) is 0 Å². The van der Waals surface area contributed by atoms with Crippen molar-refractivity contribution in [3.63, 3.8) is 0 Å². The van der Waals surface area contributed by atoms with Crippen molar-refractivity contribution in [3.05, 3.63) is 63.6 Å². The van der Waals surface area contributed by atoms with E-state index in [4.69, 9.17) is 4.74 Å². The van der Waals surface area contributed by atoms with Crippen LogP contribution in [-0.2, 0) is 29.9 Å². The van der Waals surface area contributed by atoms with Gasteiger partial charge in [0, 0.05) is 43.2 Å². The summed E-state index contributed by atoms with van der Waals surface area (Å²) in [7, 11) is -1.60. The van der Waals surface area contributed by atoms with Crippen molar-refractivity contribution in [3.8, 4) is 5.88 Å². The van der Waals surface area contributed by atoms with Gasteiger partial charge in [0.25, 0.3) is 0 Å². The Morgan fingerprint density at radius 2 is 1.80 bits per heavy atom. The number of ether oxygens (including phenoxy) is 1. The maximum atomic E-state index is 14.0. The fourth-order valence-electron chi connectivity index (χ4n) is 4.50. The van der Waals surface area contributed by atoms with Crippen molar-refractivity contribution in [2.24, 2.45) is 7.05 Å². The Labute approximate surface area is 205 Å². The fraction of sp³-hybridized carbons (Fsp3) is 0.423. The fourth-order valence-corrected chi connectivity index (χ4v) is 5.57. The van der Waals surface area contributed by atoms with Crippen molar-refractivity contribution in [2.45, 2.75) is 64.3 Å². The van der Waals surface area contributed by atoms with E-state index < -0.39 is 15.8 Å². The lowest BCUT2D eigenvalue weighted by molar-refractivity contribution is 0.0715. The van der Waals surface area contributed by atoms with Crippen molar-refractivity contribution in [1.29, 1.82) is 0 Å². The second kappa shape index (κ2) is 9.11. The third kappa shape index (κ3) is 4.45. The van der Waals surface area contributed by atoms with Crippen molar-refractivity contribution in [2.75, 3.05) is 6.26 Å². The molecule has 2 heterocycles. The summed E-state index contributed by atoms with van der Waals surface area (Å²) in [6.07, 6.45) is 5.25. The first kappa shape index (κ1) is 24.9. The largest absolute Gasteiger partial charge is 0.403 e. The number of hydrogen-bond donors (Lipinski definition) is 0. The molecule has 1 aromatic carbocycles. The molecule has 1 aliphatic rings. The standard InChI is InChI=1S/C26H31N3O5S/c1-7-18-15(3)19(11-12-21(18)35(6,32)33)24(30)22-23(17-9-10-17)27-29(8-2)25(22)34-26(31)20-13-14-28(5)16(20)4/h11-14,17H,7-10H2,1-6H3. The van der Waals surface area contributed by atoms with Crippen LogP contribution in [0.25, 0.3) is 0 Å². The number of aryl methyl sites for hydroxylation is 2. The summed E-state index contributed by atoms with van der Waals surface area (Å²) in [5.41, 5.74) is 3.72. The molecule has 4 rings (SSSR count). The highest BCUT2D eigenvalue weighted by atomic mass is 32.2. The predicted molar refractivity (Wildman–Crippen MR) is 132 cm³/mol. The minimum absolute atomic E-state index is 0.136. The summed E-state index contributed by atoms with van der Waals surface area (Å²) < 4.78 is 33.8. The van der Waals surface area contributed by atoms with Crippen LogP contribution in [0.15, 0.2) is 29.3 Å². The highest BCUT2D eigenvalue weighted by Gasteiger charge is 2.37. The van der Waals surface area contributed by atoms with Gasteiger partial charge in [-0.25, -0.2) is 17.9 Å². The van der Waals surface area contributed by atoms with Crippen LogP contribution < -0.4 is 4.74 Å². The quantitative estimate of drug-likeness (QED) is 0.342. The molecule has 3 aromatic rings. The minimum Gasteiger partial charge on any atom is -0.403 e. The van der Waals surface area contributed by atoms with Crippen molar-refractivity contribution in [1.82, 2.24) is 14.3 Å². The molecule has 1 aliphatic carbocycles. The average Bonchev–Trinajstić information content (AvgIpc) is 3.51. The number of aromatic nitrogens is 3. The van der Waals surface area contributed by atoms with Gasteiger partial charge < -0.3 is 9.30 Å². The van der Waals surface area contributed by atoms with E-state index in [1.165, 1.54) is 12.3 Å². The molecule has 2 aromatic heterocycles. The zero-order valence-electron chi connectivity index (χ0n) is 21.0. The number of nitrogens with zero attached hydrogens (tertiary/aromatic N) is 3. The lowest BCUT2D eigenvalue weighted by Gasteiger charge is -2.15. The smallest absolute Gasteiger partial charge is 0.346 e. The Kier molecular flexibility index (Phi) is 6.48. The first-order valence-electron chi connectivity index (χ1n) is 11.8. The number of carbonyl (C=O) groups is 2. The summed E-state index contributed by atoms with van der Waals surface area (Å²) in [6, 6.07) is 4.74. The third-order valence-corrected chi connectivity index (χ3v) is 7.95. The lowest BCUT2D eigenvalue weighted by atomic mass is 9.93. The van der Waals surface area contributed by atoms with Crippen LogP contribution in [0.5, 0.6) is 5.88 Å². The zero-order chi connectivity index (χ0) is 25.7. The monoisotopic (exact) mass is 497 g/mol. The Balaban J connectivity index is 1.85. The van der Waals surface area contributed by atoms with Gasteiger partial charge in [0.2, 0.25) is 11.7 Å². The van der Waals surface area contributed by atoms with E-state index in [0.717, 1.165) is 18.5 Å². The second-order valence-electron chi connectivity index (χ2n) is 9.14. The summed E-state index contributed by atoms with van der Waals surface area (Å²) in [6.45, 7) is 7.76. The number of hydrogen-bond acceptors (Lipinski definition) is 6. The van der Waals surface area contributed by atoms with Crippen LogP contribution in [0.4, 0.5) is 0 Å². The van der Waals surface area contributed by atoms with Gasteiger partial charge in [-0.3, -0.25) is 4.79 Å². The number of ketones is 1. The topological polar surface area (TPSA) is 100 Å². The van der Waals surface area contributed by atoms with E-state index in [0.29, 0.717) is 40.9 Å². The number of rotatable bonds is 8. The molecule has 8 nitrogen and oxygen atoms in total. The third-order valence-electron chi connectivity index (χ3n) is 6.77. The maximum Gasteiger partial charge on any atom is 0.346 e. The molecule has 0 bridgehead atoms. The van der Waals surface area contributed by atoms with Crippen LogP contribution in [0.2, 0.25) is 0 Å². The first-order chi connectivity index (χ1) is 16.5. The van der Waals surface area contributed by atoms with Crippen molar-refractivity contribution < 1.29 is 22.7 Å². The number of carbonyl (C=O) groups excluding carboxylic acids is 2. The van der Waals surface area contributed by atoms with Gasteiger partial charge in [0.15, 0.2) is 9.84 Å². The maximum absolute atomic E-state index is 14.0. The second-order valence-corrected chi connectivity index (χ2v) is 11.1. The normalized spacial score (nSPS) is 13.8. The molecular weight excluding hydrogens is 466 g/mol. The molecule has 1 saturated carbocycles. The molecule has 0 aliphatic heterocycles. The summed E-state index contributed by atoms with van der Waals surface area (Å²) in [5.74, 6) is -0.588. The SMILES string of the molecule is CCc1c(S(C)(=O)=O)ccc(C(=O)c2c(C3CC3)nn(CC)c2OC(=O)c2ccn(C)c2C)c1C. The van der Waals surface area contributed by atoms with Crippen LogP contribution in [-0.4, -0.2) is 40.8 Å². The lowest BCUT2D eigenvalue weighted by Crippen LogP contribution is -2.16. The molecule has 35 heavy (non-hydrogen) atoms. The summed E-state index contributed by atoms with van der Waals surface area (Å²) in [4.78, 5) is 27.3. The average molecular weight is 498 g/mol. The minimum atomic E-state index is -3.44. The molecule has 0 spiro atoms. The van der Waals surface area contributed by atoms with Gasteiger partial charge in [-0.1, -0.05) is 6.92 Å². The predicted octanol–water partition coefficient (Wildman–Crippen LogP) is 4.15. The van der Waals surface area contributed by atoms with Crippen LogP contribution >= 0.6 is 0 Å². The Hall–Kier alpha value is -3.20. The van der Waals surface area contributed by atoms with E-state index in [9.17, 15) is 18.0 Å². The molecule has 0 radical (unpaired) electrons. The van der Waals surface area contributed by atoms with Crippen LogP contribution in [0, 0.1) is 13.8 Å². The molecular formula is C26H31N3O5S. The molecule has 186 valence electrons. The Morgan fingerprint density at radius 3 is 2.31 bits per heavy atom. The van der Waals surface area contributed by atoms with E-state index in [1.54, 1.807) is 29.9 Å². The van der Waals surface area contributed by atoms with Gasteiger partial charge >= 0.3 is 5.97 Å². The van der Waals surface area contributed by atoms with Crippen molar-refractivity contribution >= 4 is 21.6 Å². The summed E-state index contributed by atoms with van der Waals surface area (Å²) in [5, 5.41) is 4.66. The number of benzene rings is 1. The number of sulfone groups is 1. The van der Waals surface area contributed by atoms with E-state index in [1.807, 2.05) is 32.4 Å². The van der Waals surface area contributed by atoms with Gasteiger partial charge in [-0.2, -0.15) is 5.10 Å². The Morgan fingerprint density at radius 1 is 1.11 bits per heavy atom. The molecule has 0 atom stereocenters. The molecule has 0 unspecified atom stereocenters. The molecule has 0 N–H and O–H groups in total. The Bertz CT molecular complexity index is 1440. The van der Waals surface area contributed by atoms with Gasteiger partial charge in [-0.05, 0) is 69.4 Å². The van der Waals surface area contributed by atoms with E-state index in [2.05, 4.69) is 5.10 Å². The van der Waals surface area contributed by atoms with E-state index >= 15 is 0 Å². The zero-order valence-corrected chi connectivity index (χ0v) is 21.8. The number of esters is 1. The van der Waals surface area contributed by atoms with Gasteiger partial charge in [0.05, 0.1) is 16.2 Å². The van der Waals surface area contributed by atoms with E-state index in [-0.39, 0.29) is 28.0 Å². The molecule has 0 saturated heterocycles. The van der Waals surface area contributed by atoms with Crippen LogP contribution in [0.1, 0.15) is 81.4 Å².